The van der Waals surface area contributed by atoms with Crippen LogP contribution in [0.3, 0.4) is 0 Å². The van der Waals surface area contributed by atoms with Crippen LogP contribution in [0.4, 0.5) is 0 Å². The summed E-state index contributed by atoms with van der Waals surface area (Å²) in [5, 5.41) is 3.15. The predicted octanol–water partition coefficient (Wildman–Crippen LogP) is 2.69. The third-order valence-corrected chi connectivity index (χ3v) is 6.91. The van der Waals surface area contributed by atoms with Crippen molar-refractivity contribution >= 4 is 33.7 Å². The second-order valence-corrected chi connectivity index (χ2v) is 9.53. The maximum Gasteiger partial charge on any atom is 0.269 e. The summed E-state index contributed by atoms with van der Waals surface area (Å²) in [5.41, 5.74) is 4.94. The van der Waals surface area contributed by atoms with Crippen molar-refractivity contribution in [1.29, 1.82) is 0 Å². The Morgan fingerprint density at radius 2 is 1.63 bits per heavy atom. The lowest BCUT2D eigenvalue weighted by Gasteiger charge is -2.61. The standard InChI is InChI=1S/C20H24BrN3O3/c1-12(25)22-20-9-13-6-14(10-20)8-19(7-13,11-20)18(27)24-23-17(26)15-2-4-16(21)5-3-15/h2-5,13-14H,6-11H2,1H3,(H,22,25)(H,23,26)(H,24,27)/t13-,14+,19?,20?. The van der Waals surface area contributed by atoms with Gasteiger partial charge in [-0.2, -0.15) is 0 Å². The highest BCUT2D eigenvalue weighted by Crippen LogP contribution is 2.61. The molecule has 4 aliphatic rings. The second kappa shape index (κ2) is 6.62. The number of hydrogen-bond acceptors (Lipinski definition) is 3. The highest BCUT2D eigenvalue weighted by atomic mass is 79.9. The van der Waals surface area contributed by atoms with Gasteiger partial charge in [0.2, 0.25) is 11.8 Å². The van der Waals surface area contributed by atoms with E-state index in [2.05, 4.69) is 32.1 Å². The van der Waals surface area contributed by atoms with E-state index in [4.69, 9.17) is 0 Å². The summed E-state index contributed by atoms with van der Waals surface area (Å²) in [7, 11) is 0. The Bertz CT molecular complexity index is 778. The van der Waals surface area contributed by atoms with E-state index >= 15 is 0 Å². The van der Waals surface area contributed by atoms with Gasteiger partial charge in [0, 0.05) is 22.5 Å². The molecule has 4 bridgehead atoms. The maximum atomic E-state index is 13.1. The molecule has 0 aliphatic heterocycles. The zero-order chi connectivity index (χ0) is 19.2. The molecule has 4 atom stereocenters. The van der Waals surface area contributed by atoms with Crippen LogP contribution in [0.2, 0.25) is 0 Å². The minimum atomic E-state index is -0.500. The van der Waals surface area contributed by atoms with E-state index in [-0.39, 0.29) is 23.3 Å². The number of hydrogen-bond donors (Lipinski definition) is 3. The first-order valence-corrected chi connectivity index (χ1v) is 10.2. The van der Waals surface area contributed by atoms with Gasteiger partial charge < -0.3 is 5.32 Å². The summed E-state index contributed by atoms with van der Waals surface area (Å²) in [5.74, 6) is 0.432. The molecule has 4 saturated carbocycles. The van der Waals surface area contributed by atoms with Gasteiger partial charge in [0.1, 0.15) is 0 Å². The van der Waals surface area contributed by atoms with Crippen LogP contribution in [0.5, 0.6) is 0 Å². The van der Waals surface area contributed by atoms with Crippen LogP contribution in [-0.2, 0) is 9.59 Å². The van der Waals surface area contributed by atoms with Crippen LogP contribution in [0.1, 0.15) is 55.8 Å². The van der Waals surface area contributed by atoms with E-state index < -0.39 is 5.41 Å². The summed E-state index contributed by atoms with van der Waals surface area (Å²) in [6, 6.07) is 6.96. The summed E-state index contributed by atoms with van der Waals surface area (Å²) in [4.78, 5) is 37.1. The monoisotopic (exact) mass is 433 g/mol. The third kappa shape index (κ3) is 3.49. The number of carbonyl (C=O) groups excluding carboxylic acids is 3. The lowest BCUT2D eigenvalue weighted by Crippen LogP contribution is -2.66. The van der Waals surface area contributed by atoms with E-state index in [1.54, 1.807) is 31.2 Å². The smallest absolute Gasteiger partial charge is 0.269 e. The van der Waals surface area contributed by atoms with Crippen molar-refractivity contribution in [3.63, 3.8) is 0 Å². The Labute approximate surface area is 166 Å². The number of rotatable bonds is 3. The molecule has 2 unspecified atom stereocenters. The van der Waals surface area contributed by atoms with Crippen molar-refractivity contribution in [1.82, 2.24) is 16.2 Å². The van der Waals surface area contributed by atoms with E-state index in [0.717, 1.165) is 36.6 Å². The van der Waals surface area contributed by atoms with Crippen LogP contribution in [0, 0.1) is 17.3 Å². The van der Waals surface area contributed by atoms with Gasteiger partial charge in [0.05, 0.1) is 5.41 Å². The lowest BCUT2D eigenvalue weighted by atomic mass is 9.46. The second-order valence-electron chi connectivity index (χ2n) is 8.62. The molecule has 7 heteroatoms. The summed E-state index contributed by atoms with van der Waals surface area (Å²) in [6.07, 6.45) is 5.40. The van der Waals surface area contributed by atoms with Crippen LogP contribution in [0.25, 0.3) is 0 Å². The predicted molar refractivity (Wildman–Crippen MR) is 103 cm³/mol. The summed E-state index contributed by atoms with van der Waals surface area (Å²) < 4.78 is 0.889. The van der Waals surface area contributed by atoms with Gasteiger partial charge in [-0.15, -0.1) is 0 Å². The van der Waals surface area contributed by atoms with Gasteiger partial charge >= 0.3 is 0 Å². The van der Waals surface area contributed by atoms with Crippen molar-refractivity contribution in [2.75, 3.05) is 0 Å². The number of halogens is 1. The topological polar surface area (TPSA) is 87.3 Å². The molecule has 144 valence electrons. The molecule has 1 aromatic carbocycles. The molecule has 0 spiro atoms. The fourth-order valence-corrected chi connectivity index (χ4v) is 6.23. The quantitative estimate of drug-likeness (QED) is 0.640. The molecule has 27 heavy (non-hydrogen) atoms. The first-order valence-electron chi connectivity index (χ1n) is 9.44. The number of benzene rings is 1. The summed E-state index contributed by atoms with van der Waals surface area (Å²) >= 11 is 3.34. The van der Waals surface area contributed by atoms with Crippen molar-refractivity contribution in [2.24, 2.45) is 17.3 Å². The number of carbonyl (C=O) groups is 3. The number of amides is 3. The van der Waals surface area contributed by atoms with Gasteiger partial charge in [-0.05, 0) is 74.6 Å². The lowest BCUT2D eigenvalue weighted by molar-refractivity contribution is -0.153. The number of nitrogens with one attached hydrogen (secondary N) is 3. The number of hydrazine groups is 1. The molecule has 3 N–H and O–H groups in total. The van der Waals surface area contributed by atoms with Gasteiger partial charge in [0.15, 0.2) is 0 Å². The first-order chi connectivity index (χ1) is 12.8. The molecule has 0 heterocycles. The normalized spacial score (nSPS) is 33.4. The molecular weight excluding hydrogens is 410 g/mol. The van der Waals surface area contributed by atoms with Crippen LogP contribution >= 0.6 is 15.9 Å². The highest BCUT2D eigenvalue weighted by Gasteiger charge is 2.60. The first kappa shape index (κ1) is 18.5. The molecule has 3 amide bonds. The third-order valence-electron chi connectivity index (χ3n) is 6.38. The Hall–Kier alpha value is -1.89. The Morgan fingerprint density at radius 1 is 1.00 bits per heavy atom. The average Bonchev–Trinajstić information content (AvgIpc) is 2.57. The minimum absolute atomic E-state index is 0.0314. The van der Waals surface area contributed by atoms with Crippen molar-refractivity contribution in [2.45, 2.75) is 51.0 Å². The molecule has 5 rings (SSSR count). The summed E-state index contributed by atoms with van der Waals surface area (Å²) in [6.45, 7) is 1.55. The van der Waals surface area contributed by atoms with Crippen molar-refractivity contribution in [3.8, 4) is 0 Å². The zero-order valence-electron chi connectivity index (χ0n) is 15.3. The zero-order valence-corrected chi connectivity index (χ0v) is 16.9. The Morgan fingerprint density at radius 3 is 2.22 bits per heavy atom. The van der Waals surface area contributed by atoms with E-state index in [0.29, 0.717) is 23.8 Å². The molecule has 4 aliphatic carbocycles. The van der Waals surface area contributed by atoms with E-state index in [1.165, 1.54) is 0 Å². The molecule has 4 fully saturated rings. The SMILES string of the molecule is CC(=O)NC12C[C@H]3C[C@@H](C1)CC(C(=O)NNC(=O)c1ccc(Br)cc1)(C3)C2. The van der Waals surface area contributed by atoms with Gasteiger partial charge in [-0.3, -0.25) is 25.2 Å². The molecule has 0 saturated heterocycles. The molecule has 0 radical (unpaired) electrons. The van der Waals surface area contributed by atoms with Gasteiger partial charge in [-0.25, -0.2) is 0 Å². The van der Waals surface area contributed by atoms with Crippen LogP contribution < -0.4 is 16.2 Å². The van der Waals surface area contributed by atoms with E-state index in [9.17, 15) is 14.4 Å². The van der Waals surface area contributed by atoms with E-state index in [1.807, 2.05) is 0 Å². The highest BCUT2D eigenvalue weighted by molar-refractivity contribution is 9.10. The Balaban J connectivity index is 1.46. The van der Waals surface area contributed by atoms with Crippen LogP contribution in [0.15, 0.2) is 28.7 Å². The molecule has 6 nitrogen and oxygen atoms in total. The average molecular weight is 434 g/mol. The molecule has 1 aromatic rings. The van der Waals surface area contributed by atoms with Crippen molar-refractivity contribution in [3.05, 3.63) is 34.3 Å². The largest absolute Gasteiger partial charge is 0.351 e. The maximum absolute atomic E-state index is 13.1. The van der Waals surface area contributed by atoms with Crippen molar-refractivity contribution < 1.29 is 14.4 Å². The Kier molecular flexibility index (Phi) is 4.53. The van der Waals surface area contributed by atoms with Gasteiger partial charge in [0.25, 0.3) is 5.91 Å². The van der Waals surface area contributed by atoms with Gasteiger partial charge in [-0.1, -0.05) is 15.9 Å². The van der Waals surface area contributed by atoms with Crippen LogP contribution in [-0.4, -0.2) is 23.3 Å². The molecule has 0 aromatic heterocycles. The fraction of sp³-hybridized carbons (Fsp3) is 0.550. The fourth-order valence-electron chi connectivity index (χ4n) is 5.97. The molecular formula is C20H24BrN3O3. The minimum Gasteiger partial charge on any atom is -0.351 e.